The summed E-state index contributed by atoms with van der Waals surface area (Å²) in [5.41, 5.74) is 7.66. The van der Waals surface area contributed by atoms with Crippen LogP contribution in [0.1, 0.15) is 39.1 Å². The van der Waals surface area contributed by atoms with Gasteiger partial charge in [0, 0.05) is 34.8 Å². The highest BCUT2D eigenvalue weighted by atomic mass is 32.1. The molecule has 4 N–H and O–H groups in total. The summed E-state index contributed by atoms with van der Waals surface area (Å²) in [6.07, 6.45) is 3.08. The van der Waals surface area contributed by atoms with Crippen LogP contribution < -0.4 is 5.73 Å². The molecule has 11 heteroatoms. The summed E-state index contributed by atoms with van der Waals surface area (Å²) in [6, 6.07) is 10.5. The van der Waals surface area contributed by atoms with Gasteiger partial charge in [0.25, 0.3) is 5.91 Å². The van der Waals surface area contributed by atoms with Crippen LogP contribution in [0.25, 0.3) is 11.5 Å². The molecule has 0 aliphatic carbocycles. The minimum absolute atomic E-state index is 0.195. The lowest BCUT2D eigenvalue weighted by molar-refractivity contribution is 0.0785. The van der Waals surface area contributed by atoms with Crippen molar-refractivity contribution >= 4 is 29.0 Å². The van der Waals surface area contributed by atoms with Gasteiger partial charge >= 0.3 is 0 Å². The van der Waals surface area contributed by atoms with Gasteiger partial charge in [0.05, 0.1) is 18.3 Å². The first kappa shape index (κ1) is 26.8. The molecule has 2 aromatic carbocycles. The van der Waals surface area contributed by atoms with Crippen LogP contribution in [0.15, 0.2) is 64.7 Å². The van der Waals surface area contributed by atoms with E-state index in [1.54, 1.807) is 38.2 Å². The Morgan fingerprint density at radius 2 is 1.92 bits per heavy atom. The molecule has 4 rings (SSSR count). The normalized spacial score (nSPS) is 12.6. The van der Waals surface area contributed by atoms with Gasteiger partial charge in [0.15, 0.2) is 0 Å². The van der Waals surface area contributed by atoms with E-state index in [9.17, 15) is 9.18 Å². The Hall–Kier alpha value is -4.22. The van der Waals surface area contributed by atoms with Gasteiger partial charge in [0.2, 0.25) is 17.7 Å². The molecule has 4 aromatic rings. The second kappa shape index (κ2) is 11.0. The van der Waals surface area contributed by atoms with Crippen molar-refractivity contribution in [1.82, 2.24) is 14.9 Å². The number of amides is 1. The number of carbonyl (C=O) groups excluding carboxylic acids is 1. The minimum Gasteiger partial charge on any atom is -0.445 e. The molecule has 0 spiro atoms. The number of aryl methyl sites for hydroxylation is 1. The highest BCUT2D eigenvalue weighted by Crippen LogP contribution is 2.24. The number of aromatic nitrogens is 2. The third-order valence-electron chi connectivity index (χ3n) is 5.71. The first-order valence-electron chi connectivity index (χ1n) is 11.6. The van der Waals surface area contributed by atoms with E-state index < -0.39 is 5.54 Å². The van der Waals surface area contributed by atoms with Crippen LogP contribution in [0.5, 0.6) is 0 Å². The van der Waals surface area contributed by atoms with Gasteiger partial charge in [-0.25, -0.2) is 14.4 Å². The number of hydrogen-bond donors (Lipinski definition) is 3. The third-order valence-corrected chi connectivity index (χ3v) is 6.67. The van der Waals surface area contributed by atoms with E-state index in [0.717, 1.165) is 10.7 Å². The van der Waals surface area contributed by atoms with Gasteiger partial charge in [-0.05, 0) is 56.2 Å². The Kier molecular flexibility index (Phi) is 7.79. The second-order valence-electron chi connectivity index (χ2n) is 9.16. The number of hydrogen-bond acceptors (Lipinski definition) is 9. The quantitative estimate of drug-likeness (QED) is 0.219. The Morgan fingerprint density at radius 1 is 1.21 bits per heavy atom. The van der Waals surface area contributed by atoms with Crippen LogP contribution in [0.4, 0.5) is 4.39 Å². The first-order chi connectivity index (χ1) is 18.0. The summed E-state index contributed by atoms with van der Waals surface area (Å²) in [5.74, 6) is -1.12. The molecule has 0 radical (unpaired) electrons. The zero-order chi connectivity index (χ0) is 27.4. The molecule has 0 bridgehead atoms. The lowest BCUT2D eigenvalue weighted by atomic mass is 9.93. The molecule has 1 atom stereocenters. The maximum absolute atomic E-state index is 13.3. The van der Waals surface area contributed by atoms with Crippen LogP contribution in [0.2, 0.25) is 0 Å². The fraction of sp³-hybridized carbons (Fsp3) is 0.222. The Morgan fingerprint density at radius 3 is 2.55 bits per heavy atom. The first-order valence-corrected chi connectivity index (χ1v) is 12.5. The number of oxazole rings is 1. The molecule has 0 aliphatic rings. The van der Waals surface area contributed by atoms with Crippen LogP contribution in [-0.4, -0.2) is 45.2 Å². The van der Waals surface area contributed by atoms with Gasteiger partial charge in [-0.1, -0.05) is 12.1 Å². The molecular formula is C27H27FN6O3S. The van der Waals surface area contributed by atoms with E-state index in [4.69, 9.17) is 25.7 Å². The number of rotatable bonds is 8. The van der Waals surface area contributed by atoms with E-state index in [-0.39, 0.29) is 47.0 Å². The Bertz CT molecular complexity index is 1460. The summed E-state index contributed by atoms with van der Waals surface area (Å²) >= 11 is 1.47. The molecule has 2 aromatic heterocycles. The summed E-state index contributed by atoms with van der Waals surface area (Å²) in [5, 5.41) is 19.7. The maximum Gasteiger partial charge on any atom is 0.254 e. The number of carbonyl (C=O) groups is 1. The topological polar surface area (TPSA) is 142 Å². The molecule has 1 amide bonds. The molecule has 0 saturated carbocycles. The van der Waals surface area contributed by atoms with Crippen molar-refractivity contribution in [2.45, 2.75) is 32.4 Å². The van der Waals surface area contributed by atoms with Gasteiger partial charge in [0.1, 0.15) is 17.1 Å². The summed E-state index contributed by atoms with van der Waals surface area (Å²) in [4.78, 5) is 23.4. The summed E-state index contributed by atoms with van der Waals surface area (Å²) in [6.45, 7) is 3.81. The largest absolute Gasteiger partial charge is 0.445 e. The molecule has 2 heterocycles. The second-order valence-corrected chi connectivity index (χ2v) is 10.1. The minimum atomic E-state index is -1.27. The highest BCUT2D eigenvalue weighted by molar-refractivity contribution is 7.09. The summed E-state index contributed by atoms with van der Waals surface area (Å²) in [7, 11) is 1.67. The van der Waals surface area contributed by atoms with E-state index in [1.807, 2.05) is 12.3 Å². The van der Waals surface area contributed by atoms with E-state index >= 15 is 0 Å². The van der Waals surface area contributed by atoms with Crippen molar-refractivity contribution in [1.29, 1.82) is 10.8 Å². The average molecular weight is 535 g/mol. The van der Waals surface area contributed by atoms with Crippen LogP contribution >= 0.6 is 11.3 Å². The monoisotopic (exact) mass is 534 g/mol. The number of nitrogens with two attached hydrogens (primary N) is 1. The molecule has 0 fully saturated rings. The standard InChI is InChI=1S/C27H27FN6O3S/c1-16-15-38-22(33-16)14-34(3)25(35)20-11-18(10-19(12-20)24-32-8-9-36-24)23(29)37-26(30)27(2,31)13-17-4-6-21(28)7-5-17/h4-12,15,29-30H,13-14,31H2,1-3H3/t27-/m1/s1. The molecular weight excluding hydrogens is 507 g/mol. The molecule has 196 valence electrons. The van der Waals surface area contributed by atoms with Crippen molar-refractivity contribution in [3.8, 4) is 11.5 Å². The number of benzene rings is 2. The zero-order valence-electron chi connectivity index (χ0n) is 21.1. The molecule has 0 aliphatic heterocycles. The zero-order valence-corrected chi connectivity index (χ0v) is 21.9. The van der Waals surface area contributed by atoms with Crippen molar-refractivity contribution < 1.29 is 18.3 Å². The highest BCUT2D eigenvalue weighted by Gasteiger charge is 2.29. The van der Waals surface area contributed by atoms with Gasteiger partial charge in [-0.3, -0.25) is 15.6 Å². The number of ether oxygens (including phenoxy) is 1. The van der Waals surface area contributed by atoms with Crippen molar-refractivity contribution in [3.05, 3.63) is 93.5 Å². The number of nitrogens with zero attached hydrogens (tertiary/aromatic N) is 3. The smallest absolute Gasteiger partial charge is 0.254 e. The third kappa shape index (κ3) is 6.36. The van der Waals surface area contributed by atoms with Gasteiger partial charge in [-0.2, -0.15) is 0 Å². The van der Waals surface area contributed by atoms with E-state index in [0.29, 0.717) is 17.7 Å². The van der Waals surface area contributed by atoms with Crippen molar-refractivity contribution in [3.63, 3.8) is 0 Å². The molecule has 9 nitrogen and oxygen atoms in total. The number of nitrogens with one attached hydrogen (secondary N) is 2. The lowest BCUT2D eigenvalue weighted by Crippen LogP contribution is -2.48. The molecule has 0 saturated heterocycles. The maximum atomic E-state index is 13.3. The molecule has 0 unspecified atom stereocenters. The van der Waals surface area contributed by atoms with Crippen LogP contribution in [0, 0.1) is 23.6 Å². The van der Waals surface area contributed by atoms with Gasteiger partial charge < -0.3 is 19.8 Å². The average Bonchev–Trinajstić information content (AvgIpc) is 3.56. The fourth-order valence-corrected chi connectivity index (χ4v) is 4.55. The van der Waals surface area contributed by atoms with E-state index in [1.165, 1.54) is 46.9 Å². The van der Waals surface area contributed by atoms with Crippen molar-refractivity contribution in [2.75, 3.05) is 7.05 Å². The Balaban J connectivity index is 1.56. The van der Waals surface area contributed by atoms with Crippen molar-refractivity contribution in [2.24, 2.45) is 5.73 Å². The van der Waals surface area contributed by atoms with Crippen LogP contribution in [-0.2, 0) is 17.7 Å². The predicted octanol–water partition coefficient (Wildman–Crippen LogP) is 4.80. The Labute approximate surface area is 223 Å². The van der Waals surface area contributed by atoms with Gasteiger partial charge in [-0.15, -0.1) is 11.3 Å². The van der Waals surface area contributed by atoms with Crippen LogP contribution in [0.3, 0.4) is 0 Å². The fourth-order valence-electron chi connectivity index (χ4n) is 3.73. The molecule has 38 heavy (non-hydrogen) atoms. The van der Waals surface area contributed by atoms with E-state index in [2.05, 4.69) is 9.97 Å². The SMILES string of the molecule is Cc1csc(CN(C)C(=O)c2cc(C(=N)OC(=N)[C@](C)(N)Cc3ccc(F)cc3)cc(-c3ncco3)c2)n1. The summed E-state index contributed by atoms with van der Waals surface area (Å²) < 4.78 is 24.2. The number of halogens is 1. The predicted molar refractivity (Wildman–Crippen MR) is 143 cm³/mol. The lowest BCUT2D eigenvalue weighted by Gasteiger charge is -2.25. The number of thiazole rings is 1.